The Bertz CT molecular complexity index is 870. The number of hydrogen-bond donors (Lipinski definition) is 0. The summed E-state index contributed by atoms with van der Waals surface area (Å²) in [5, 5.41) is 0. The fourth-order valence-electron chi connectivity index (χ4n) is 3.30. The van der Waals surface area contributed by atoms with Crippen molar-refractivity contribution in [3.05, 3.63) is 83.9 Å². The summed E-state index contributed by atoms with van der Waals surface area (Å²) >= 11 is 1.76. The first kappa shape index (κ1) is 15.5. The molecule has 3 aromatic carbocycles. The summed E-state index contributed by atoms with van der Waals surface area (Å²) in [6, 6.07) is 25.1. The van der Waals surface area contributed by atoms with E-state index in [1.54, 1.807) is 26.0 Å². The average molecular weight is 334 g/mol. The van der Waals surface area contributed by atoms with Crippen LogP contribution in [0.2, 0.25) is 0 Å². The monoisotopic (exact) mass is 334 g/mol. The quantitative estimate of drug-likeness (QED) is 0.605. The van der Waals surface area contributed by atoms with Crippen molar-refractivity contribution < 1.29 is 9.47 Å². The van der Waals surface area contributed by atoms with Gasteiger partial charge in [0.25, 0.3) is 0 Å². The van der Waals surface area contributed by atoms with E-state index in [4.69, 9.17) is 9.47 Å². The number of hydrogen-bond acceptors (Lipinski definition) is 3. The predicted molar refractivity (Wildman–Crippen MR) is 97.2 cm³/mol. The van der Waals surface area contributed by atoms with Gasteiger partial charge < -0.3 is 9.47 Å². The third kappa shape index (κ3) is 2.28. The Hall–Kier alpha value is -2.07. The zero-order valence-electron chi connectivity index (χ0n) is 13.7. The van der Waals surface area contributed by atoms with Crippen molar-refractivity contribution in [2.75, 3.05) is 14.2 Å². The topological polar surface area (TPSA) is 18.5 Å². The number of fused-ring (bicyclic) bond motifs is 2. The SMILES string of the molecule is COC1(OC)c2ccccc2Sc2ccc(-c3ccccc3)cc21. The van der Waals surface area contributed by atoms with E-state index in [0.29, 0.717) is 0 Å². The van der Waals surface area contributed by atoms with E-state index in [2.05, 4.69) is 54.6 Å². The summed E-state index contributed by atoms with van der Waals surface area (Å²) in [5.74, 6) is -0.873. The van der Waals surface area contributed by atoms with Gasteiger partial charge in [0, 0.05) is 35.1 Å². The molecule has 0 radical (unpaired) electrons. The third-order valence-corrected chi connectivity index (χ3v) is 5.63. The lowest BCUT2D eigenvalue weighted by atomic mass is 9.93. The molecular weight excluding hydrogens is 316 g/mol. The van der Waals surface area contributed by atoms with E-state index in [-0.39, 0.29) is 0 Å². The van der Waals surface area contributed by atoms with Crippen LogP contribution < -0.4 is 0 Å². The Labute approximate surface area is 146 Å². The van der Waals surface area contributed by atoms with Crippen LogP contribution in [0.1, 0.15) is 11.1 Å². The van der Waals surface area contributed by atoms with Crippen LogP contribution in [0.3, 0.4) is 0 Å². The minimum atomic E-state index is -0.873. The van der Waals surface area contributed by atoms with Crippen molar-refractivity contribution in [3.8, 4) is 11.1 Å². The summed E-state index contributed by atoms with van der Waals surface area (Å²) in [6.45, 7) is 0. The Morgan fingerprint density at radius 2 is 1.33 bits per heavy atom. The molecule has 3 heteroatoms. The van der Waals surface area contributed by atoms with Gasteiger partial charge >= 0.3 is 0 Å². The van der Waals surface area contributed by atoms with E-state index in [1.807, 2.05) is 18.2 Å². The Balaban J connectivity index is 1.93. The Kier molecular flexibility index (Phi) is 3.93. The number of methoxy groups -OCH3 is 2. The Morgan fingerprint density at radius 3 is 2.08 bits per heavy atom. The molecule has 0 unspecified atom stereocenters. The summed E-state index contributed by atoms with van der Waals surface area (Å²) in [4.78, 5) is 2.33. The molecule has 0 N–H and O–H groups in total. The Morgan fingerprint density at radius 1 is 0.667 bits per heavy atom. The van der Waals surface area contributed by atoms with Crippen LogP contribution in [0.15, 0.2) is 82.6 Å². The summed E-state index contributed by atoms with van der Waals surface area (Å²) in [6.07, 6.45) is 0. The maximum atomic E-state index is 5.94. The van der Waals surface area contributed by atoms with Gasteiger partial charge in [-0.15, -0.1) is 0 Å². The molecule has 3 aromatic rings. The lowest BCUT2D eigenvalue weighted by Gasteiger charge is -2.38. The first-order valence-electron chi connectivity index (χ1n) is 7.86. The van der Waals surface area contributed by atoms with Crippen LogP contribution in [-0.2, 0) is 15.3 Å². The molecule has 2 nitrogen and oxygen atoms in total. The molecule has 0 amide bonds. The van der Waals surface area contributed by atoms with Crippen molar-refractivity contribution >= 4 is 11.8 Å². The van der Waals surface area contributed by atoms with Gasteiger partial charge in [-0.1, -0.05) is 66.4 Å². The van der Waals surface area contributed by atoms with Crippen LogP contribution in [0.5, 0.6) is 0 Å². The second-order valence-corrected chi connectivity index (χ2v) is 6.78. The van der Waals surface area contributed by atoms with Gasteiger partial charge in [0.1, 0.15) is 0 Å². The van der Waals surface area contributed by atoms with Gasteiger partial charge in [0.2, 0.25) is 5.79 Å². The third-order valence-electron chi connectivity index (χ3n) is 4.48. The first-order chi connectivity index (χ1) is 11.8. The largest absolute Gasteiger partial charge is 0.345 e. The molecule has 1 aliphatic heterocycles. The van der Waals surface area contributed by atoms with Crippen molar-refractivity contribution in [2.24, 2.45) is 0 Å². The van der Waals surface area contributed by atoms with E-state index in [1.165, 1.54) is 10.5 Å². The highest BCUT2D eigenvalue weighted by molar-refractivity contribution is 7.99. The van der Waals surface area contributed by atoms with Crippen LogP contribution in [-0.4, -0.2) is 14.2 Å². The van der Waals surface area contributed by atoms with Gasteiger partial charge in [-0.05, 0) is 29.3 Å². The highest BCUT2D eigenvalue weighted by Gasteiger charge is 2.42. The molecule has 0 atom stereocenters. The minimum absolute atomic E-state index is 0.873. The maximum Gasteiger partial charge on any atom is 0.224 e. The molecule has 0 aliphatic carbocycles. The molecule has 0 bridgehead atoms. The van der Waals surface area contributed by atoms with E-state index in [9.17, 15) is 0 Å². The molecular formula is C21H18O2S. The minimum Gasteiger partial charge on any atom is -0.345 e. The summed E-state index contributed by atoms with van der Waals surface area (Å²) < 4.78 is 11.9. The predicted octanol–water partition coefficient (Wildman–Crippen LogP) is 5.31. The second kappa shape index (κ2) is 6.10. The van der Waals surface area contributed by atoms with Crippen molar-refractivity contribution in [1.82, 2.24) is 0 Å². The fraction of sp³-hybridized carbons (Fsp3) is 0.143. The average Bonchev–Trinajstić information content (AvgIpc) is 2.66. The normalized spacial score (nSPS) is 14.8. The number of ether oxygens (including phenoxy) is 2. The summed E-state index contributed by atoms with van der Waals surface area (Å²) in [7, 11) is 3.41. The van der Waals surface area contributed by atoms with Gasteiger partial charge in [-0.25, -0.2) is 0 Å². The zero-order valence-corrected chi connectivity index (χ0v) is 14.5. The van der Waals surface area contributed by atoms with E-state index >= 15 is 0 Å². The smallest absolute Gasteiger partial charge is 0.224 e. The lowest BCUT2D eigenvalue weighted by molar-refractivity contribution is -0.187. The molecule has 1 aliphatic rings. The van der Waals surface area contributed by atoms with E-state index in [0.717, 1.165) is 21.6 Å². The molecule has 4 rings (SSSR count). The van der Waals surface area contributed by atoms with Crippen LogP contribution >= 0.6 is 11.8 Å². The molecule has 24 heavy (non-hydrogen) atoms. The fourth-order valence-corrected chi connectivity index (χ4v) is 4.44. The van der Waals surface area contributed by atoms with Crippen LogP contribution in [0, 0.1) is 0 Å². The first-order valence-corrected chi connectivity index (χ1v) is 8.68. The molecule has 1 heterocycles. The van der Waals surface area contributed by atoms with Crippen molar-refractivity contribution in [2.45, 2.75) is 15.6 Å². The molecule has 0 spiro atoms. The standard InChI is InChI=1S/C21H18O2S/c1-22-21(23-2)17-10-6-7-11-19(17)24-20-13-12-16(14-18(20)21)15-8-4-3-5-9-15/h3-14H,1-2H3. The van der Waals surface area contributed by atoms with Gasteiger partial charge in [0.05, 0.1) is 0 Å². The van der Waals surface area contributed by atoms with E-state index < -0.39 is 5.79 Å². The second-order valence-electron chi connectivity index (χ2n) is 5.70. The molecule has 0 saturated heterocycles. The summed E-state index contributed by atoms with van der Waals surface area (Å²) in [5.41, 5.74) is 4.45. The molecule has 120 valence electrons. The highest BCUT2D eigenvalue weighted by Crippen LogP contribution is 2.50. The molecule has 0 fully saturated rings. The van der Waals surface area contributed by atoms with Gasteiger partial charge in [0.15, 0.2) is 0 Å². The molecule has 0 aromatic heterocycles. The van der Waals surface area contributed by atoms with Gasteiger partial charge in [-0.3, -0.25) is 0 Å². The number of benzene rings is 3. The van der Waals surface area contributed by atoms with Gasteiger partial charge in [-0.2, -0.15) is 0 Å². The highest BCUT2D eigenvalue weighted by atomic mass is 32.2. The number of rotatable bonds is 3. The van der Waals surface area contributed by atoms with Crippen molar-refractivity contribution in [3.63, 3.8) is 0 Å². The van der Waals surface area contributed by atoms with Crippen molar-refractivity contribution in [1.29, 1.82) is 0 Å². The maximum absolute atomic E-state index is 5.94. The molecule has 0 saturated carbocycles. The van der Waals surface area contributed by atoms with Crippen LogP contribution in [0.4, 0.5) is 0 Å². The zero-order chi connectivity index (χ0) is 16.6. The van der Waals surface area contributed by atoms with Crippen LogP contribution in [0.25, 0.3) is 11.1 Å². The lowest BCUT2D eigenvalue weighted by Crippen LogP contribution is -2.35.